The summed E-state index contributed by atoms with van der Waals surface area (Å²) in [7, 11) is 0. The Labute approximate surface area is 215 Å². The largest absolute Gasteiger partial charge is 0.426 e. The lowest BCUT2D eigenvalue weighted by Crippen LogP contribution is -2.40. The Bertz CT molecular complexity index is 1360. The summed E-state index contributed by atoms with van der Waals surface area (Å²) in [6.45, 7) is 4.24. The lowest BCUT2D eigenvalue weighted by molar-refractivity contribution is -0.139. The molecule has 3 amide bonds. The molecule has 8 rings (SSSR count). The van der Waals surface area contributed by atoms with Gasteiger partial charge in [-0.3, -0.25) is 24.1 Å². The second-order valence-corrected chi connectivity index (χ2v) is 11.2. The van der Waals surface area contributed by atoms with Gasteiger partial charge in [-0.15, -0.1) is 0 Å². The summed E-state index contributed by atoms with van der Waals surface area (Å²) in [5.41, 5.74) is 3.44. The van der Waals surface area contributed by atoms with Gasteiger partial charge in [0.1, 0.15) is 5.75 Å². The lowest BCUT2D eigenvalue weighted by Gasteiger charge is -2.37. The van der Waals surface area contributed by atoms with E-state index in [1.165, 1.54) is 4.90 Å². The standard InChI is InChI=1S/C30H28N2O5/c1-15-4-3-5-24(16(15)2)31-14-17(12-25(31)33)30(36)37-19-8-6-18(7-9-19)32-28(34)26-20-10-11-21(23-13-22(20)23)27(26)29(32)35/h3-11,17,20-23,26-27H,12-14H2,1-2H3/t17-,20+,21+,22+,23+,26-,27-/m1/s1. The van der Waals surface area contributed by atoms with Gasteiger partial charge in [-0.2, -0.15) is 0 Å². The first-order valence-electron chi connectivity index (χ1n) is 13.1. The van der Waals surface area contributed by atoms with Crippen molar-refractivity contribution in [1.82, 2.24) is 0 Å². The molecular weight excluding hydrogens is 468 g/mol. The van der Waals surface area contributed by atoms with Crippen LogP contribution in [0.5, 0.6) is 5.75 Å². The molecule has 2 saturated carbocycles. The highest BCUT2D eigenvalue weighted by molar-refractivity contribution is 6.22. The van der Waals surface area contributed by atoms with Crippen molar-refractivity contribution in [3.05, 3.63) is 65.7 Å². The van der Waals surface area contributed by atoms with Gasteiger partial charge in [0, 0.05) is 18.7 Å². The van der Waals surface area contributed by atoms with E-state index in [0.717, 1.165) is 23.2 Å². The lowest BCUT2D eigenvalue weighted by atomic mass is 9.63. The van der Waals surface area contributed by atoms with Crippen molar-refractivity contribution in [2.24, 2.45) is 41.4 Å². The number of imide groups is 1. The molecule has 2 saturated heterocycles. The number of amides is 3. The molecule has 0 spiro atoms. The first kappa shape index (κ1) is 22.5. The van der Waals surface area contributed by atoms with E-state index in [4.69, 9.17) is 4.74 Å². The summed E-state index contributed by atoms with van der Waals surface area (Å²) in [5.74, 6) is -0.0380. The van der Waals surface area contributed by atoms with Crippen molar-refractivity contribution in [3.63, 3.8) is 0 Å². The molecule has 6 aliphatic rings. The molecule has 4 fully saturated rings. The summed E-state index contributed by atoms with van der Waals surface area (Å²) < 4.78 is 5.60. The average Bonchev–Trinajstić information content (AvgIpc) is 3.57. The van der Waals surface area contributed by atoms with Crippen LogP contribution >= 0.6 is 0 Å². The predicted octanol–water partition coefficient (Wildman–Crippen LogP) is 3.82. The summed E-state index contributed by atoms with van der Waals surface area (Å²) in [6, 6.07) is 12.3. The monoisotopic (exact) mass is 496 g/mol. The highest BCUT2D eigenvalue weighted by Gasteiger charge is 2.67. The van der Waals surface area contributed by atoms with Crippen LogP contribution in [0.3, 0.4) is 0 Å². The first-order chi connectivity index (χ1) is 17.8. The molecule has 4 aliphatic carbocycles. The molecule has 2 aromatic rings. The molecule has 188 valence electrons. The molecule has 0 radical (unpaired) electrons. The van der Waals surface area contributed by atoms with E-state index < -0.39 is 11.9 Å². The fourth-order valence-corrected chi connectivity index (χ4v) is 7.20. The predicted molar refractivity (Wildman–Crippen MR) is 136 cm³/mol. The number of rotatable bonds is 4. The number of anilines is 2. The summed E-state index contributed by atoms with van der Waals surface area (Å²) in [6.07, 6.45) is 5.55. The Balaban J connectivity index is 1.04. The van der Waals surface area contributed by atoms with Crippen LogP contribution in [-0.4, -0.2) is 30.2 Å². The van der Waals surface area contributed by atoms with Crippen molar-refractivity contribution < 1.29 is 23.9 Å². The second-order valence-electron chi connectivity index (χ2n) is 11.2. The van der Waals surface area contributed by atoms with Crippen LogP contribution in [-0.2, 0) is 19.2 Å². The zero-order valence-electron chi connectivity index (χ0n) is 20.8. The van der Waals surface area contributed by atoms with Crippen LogP contribution < -0.4 is 14.5 Å². The van der Waals surface area contributed by atoms with Crippen molar-refractivity contribution in [2.45, 2.75) is 26.7 Å². The Morgan fingerprint density at radius 1 is 0.892 bits per heavy atom. The van der Waals surface area contributed by atoms with Crippen LogP contribution in [0.25, 0.3) is 0 Å². The van der Waals surface area contributed by atoms with Crippen LogP contribution in [0, 0.1) is 55.3 Å². The molecule has 2 heterocycles. The number of esters is 1. The molecule has 0 N–H and O–H groups in total. The maximum Gasteiger partial charge on any atom is 0.316 e. The van der Waals surface area contributed by atoms with Crippen LogP contribution in [0.2, 0.25) is 0 Å². The Kier molecular flexibility index (Phi) is 4.78. The van der Waals surface area contributed by atoms with E-state index >= 15 is 0 Å². The van der Waals surface area contributed by atoms with E-state index in [0.29, 0.717) is 23.3 Å². The quantitative estimate of drug-likeness (QED) is 0.278. The zero-order valence-corrected chi connectivity index (χ0v) is 20.8. The van der Waals surface area contributed by atoms with Crippen LogP contribution in [0.4, 0.5) is 11.4 Å². The molecule has 0 unspecified atom stereocenters. The number of hydrogen-bond acceptors (Lipinski definition) is 5. The number of ether oxygens (including phenoxy) is 1. The van der Waals surface area contributed by atoms with Gasteiger partial charge in [-0.25, -0.2) is 0 Å². The summed E-state index contributed by atoms with van der Waals surface area (Å²) in [5, 5.41) is 0. The Morgan fingerprint density at radius 3 is 2.19 bits per heavy atom. The van der Waals surface area contributed by atoms with Crippen molar-refractivity contribution >= 4 is 35.1 Å². The topological polar surface area (TPSA) is 84.0 Å². The first-order valence-corrected chi connectivity index (χ1v) is 13.1. The van der Waals surface area contributed by atoms with E-state index in [1.54, 1.807) is 29.2 Å². The molecule has 2 aromatic carbocycles. The van der Waals surface area contributed by atoms with Crippen LogP contribution in [0.15, 0.2) is 54.6 Å². The van der Waals surface area contributed by atoms with E-state index in [-0.39, 0.29) is 54.4 Å². The molecule has 7 nitrogen and oxygen atoms in total. The number of nitrogens with zero attached hydrogens (tertiary/aromatic N) is 2. The third-order valence-corrected chi connectivity index (χ3v) is 9.30. The fraction of sp³-hybridized carbons (Fsp3) is 0.400. The molecule has 37 heavy (non-hydrogen) atoms. The molecular formula is C30H28N2O5. The minimum absolute atomic E-state index is 0.0976. The molecule has 7 atom stereocenters. The van der Waals surface area contributed by atoms with Crippen molar-refractivity contribution in [1.29, 1.82) is 0 Å². The fourth-order valence-electron chi connectivity index (χ4n) is 7.20. The van der Waals surface area contributed by atoms with Crippen molar-refractivity contribution in [3.8, 4) is 5.75 Å². The molecule has 7 heteroatoms. The zero-order chi connectivity index (χ0) is 25.6. The minimum atomic E-state index is -0.564. The second kappa shape index (κ2) is 7.88. The van der Waals surface area contributed by atoms with E-state index in [1.807, 2.05) is 32.0 Å². The smallest absolute Gasteiger partial charge is 0.316 e. The summed E-state index contributed by atoms with van der Waals surface area (Å²) in [4.78, 5) is 55.2. The van der Waals surface area contributed by atoms with Gasteiger partial charge in [-0.05, 0) is 85.4 Å². The van der Waals surface area contributed by atoms with Gasteiger partial charge in [0.15, 0.2) is 0 Å². The van der Waals surface area contributed by atoms with E-state index in [2.05, 4.69) is 12.2 Å². The van der Waals surface area contributed by atoms with Gasteiger partial charge in [0.05, 0.1) is 23.4 Å². The van der Waals surface area contributed by atoms with Gasteiger partial charge < -0.3 is 9.64 Å². The third kappa shape index (κ3) is 3.26. The molecule has 2 aliphatic heterocycles. The van der Waals surface area contributed by atoms with Crippen molar-refractivity contribution in [2.75, 3.05) is 16.3 Å². The normalized spacial score (nSPS) is 33.1. The Hall–Kier alpha value is -3.74. The van der Waals surface area contributed by atoms with Crippen LogP contribution in [0.1, 0.15) is 24.0 Å². The number of carbonyl (C=O) groups excluding carboxylic acids is 4. The third-order valence-electron chi connectivity index (χ3n) is 9.30. The maximum atomic E-state index is 13.3. The van der Waals surface area contributed by atoms with E-state index in [9.17, 15) is 19.2 Å². The van der Waals surface area contributed by atoms with Gasteiger partial charge >= 0.3 is 5.97 Å². The SMILES string of the molecule is Cc1cccc(N2C[C@H](C(=O)Oc3ccc(N4C(=O)[C@@H]5[C@H]6C=C[C@@H]([C@@H]7C[C@@H]67)[C@H]5C4=O)cc3)CC2=O)c1C. The number of aryl methyl sites for hydroxylation is 1. The average molecular weight is 497 g/mol. The number of carbonyl (C=O) groups is 4. The highest BCUT2D eigenvalue weighted by Crippen LogP contribution is 2.65. The number of allylic oxidation sites excluding steroid dienone is 2. The maximum absolute atomic E-state index is 13.3. The number of hydrogen-bond donors (Lipinski definition) is 0. The number of benzene rings is 2. The minimum Gasteiger partial charge on any atom is -0.426 e. The molecule has 2 bridgehead atoms. The van der Waals surface area contributed by atoms with Gasteiger partial charge in [0.25, 0.3) is 0 Å². The Morgan fingerprint density at radius 2 is 1.54 bits per heavy atom. The summed E-state index contributed by atoms with van der Waals surface area (Å²) >= 11 is 0. The van der Waals surface area contributed by atoms with Gasteiger partial charge in [0.2, 0.25) is 17.7 Å². The molecule has 0 aromatic heterocycles. The van der Waals surface area contributed by atoms with Gasteiger partial charge in [-0.1, -0.05) is 24.3 Å². The highest BCUT2D eigenvalue weighted by atomic mass is 16.5.